The third-order valence-corrected chi connectivity index (χ3v) is 3.43. The number of carbonyl (C=O) groups is 1. The van der Waals surface area contributed by atoms with Gasteiger partial charge in [0, 0.05) is 18.5 Å². The number of hydrogen-bond donors (Lipinski definition) is 1. The van der Waals surface area contributed by atoms with E-state index in [1.54, 1.807) is 4.57 Å². The van der Waals surface area contributed by atoms with E-state index in [1.165, 1.54) is 12.1 Å². The summed E-state index contributed by atoms with van der Waals surface area (Å²) in [5.74, 6) is -0.745. The summed E-state index contributed by atoms with van der Waals surface area (Å²) in [6.07, 6.45) is 2.60. The van der Waals surface area contributed by atoms with Crippen LogP contribution in [0.4, 0.5) is 4.39 Å². The molecule has 0 saturated heterocycles. The number of amides is 1. The van der Waals surface area contributed by atoms with Crippen LogP contribution in [0.2, 0.25) is 0 Å². The van der Waals surface area contributed by atoms with Gasteiger partial charge in [0.05, 0.1) is 0 Å². The number of hydrogen-bond acceptors (Lipinski definition) is 3. The Morgan fingerprint density at radius 3 is 2.80 bits per heavy atom. The molecule has 2 heterocycles. The summed E-state index contributed by atoms with van der Waals surface area (Å²) in [6, 6.07) is 3.74. The Bertz CT molecular complexity index is 747. The van der Waals surface area contributed by atoms with Gasteiger partial charge in [0.15, 0.2) is 0 Å². The fourth-order valence-electron chi connectivity index (χ4n) is 2.39. The van der Waals surface area contributed by atoms with E-state index >= 15 is 0 Å². The topological polar surface area (TPSA) is 82.9 Å². The van der Waals surface area contributed by atoms with Crippen molar-refractivity contribution in [1.29, 1.82) is 0 Å². The molecule has 0 atom stereocenters. The molecule has 1 aromatic carbocycles. The Hall–Kier alpha value is -2.44. The predicted molar refractivity (Wildman–Crippen MR) is 69.2 cm³/mol. The molecule has 6 nitrogen and oxygen atoms in total. The second kappa shape index (κ2) is 4.59. The first-order valence-electron chi connectivity index (χ1n) is 6.36. The van der Waals surface area contributed by atoms with Crippen LogP contribution in [0.15, 0.2) is 23.0 Å². The predicted octanol–water partition coefficient (Wildman–Crippen LogP) is 0.608. The molecule has 2 N–H and O–H groups in total. The second-order valence-corrected chi connectivity index (χ2v) is 4.75. The Morgan fingerprint density at radius 2 is 2.15 bits per heavy atom. The number of halogens is 1. The molecular weight excluding hydrogens is 263 g/mol. The highest BCUT2D eigenvalue weighted by Crippen LogP contribution is 2.15. The van der Waals surface area contributed by atoms with Crippen molar-refractivity contribution in [1.82, 2.24) is 14.3 Å². The molecule has 1 aliphatic rings. The van der Waals surface area contributed by atoms with Crippen molar-refractivity contribution in [2.45, 2.75) is 25.8 Å². The largest absolute Gasteiger partial charge is 0.366 e. The number of rotatable bonds is 2. The zero-order chi connectivity index (χ0) is 14.3. The Morgan fingerprint density at radius 1 is 1.35 bits per heavy atom. The van der Waals surface area contributed by atoms with Crippen LogP contribution in [0, 0.1) is 5.82 Å². The lowest BCUT2D eigenvalue weighted by Gasteiger charge is -2.09. The Labute approximate surface area is 113 Å². The quantitative estimate of drug-likeness (QED) is 0.872. The average molecular weight is 276 g/mol. The molecule has 1 aliphatic heterocycles. The maximum absolute atomic E-state index is 14.0. The zero-order valence-corrected chi connectivity index (χ0v) is 10.7. The highest BCUT2D eigenvalue weighted by Gasteiger charge is 2.19. The van der Waals surface area contributed by atoms with Gasteiger partial charge in [-0.2, -0.15) is 4.68 Å². The minimum atomic E-state index is -0.716. The van der Waals surface area contributed by atoms with Crippen LogP contribution >= 0.6 is 0 Å². The van der Waals surface area contributed by atoms with Crippen molar-refractivity contribution in [3.63, 3.8) is 0 Å². The van der Waals surface area contributed by atoms with Crippen molar-refractivity contribution in [2.24, 2.45) is 5.73 Å². The molecule has 0 saturated carbocycles. The zero-order valence-electron chi connectivity index (χ0n) is 10.7. The molecule has 1 amide bonds. The molecule has 3 rings (SSSR count). The Balaban J connectivity index is 2.12. The summed E-state index contributed by atoms with van der Waals surface area (Å²) in [5, 5.41) is 4.17. The monoisotopic (exact) mass is 276 g/mol. The van der Waals surface area contributed by atoms with Gasteiger partial charge in [-0.3, -0.25) is 9.36 Å². The number of primary amides is 1. The third-order valence-electron chi connectivity index (χ3n) is 3.43. The van der Waals surface area contributed by atoms with Gasteiger partial charge in [-0.05, 0) is 31.0 Å². The molecule has 1 aromatic heterocycles. The van der Waals surface area contributed by atoms with Crippen molar-refractivity contribution in [2.75, 3.05) is 0 Å². The van der Waals surface area contributed by atoms with Crippen LogP contribution in [-0.4, -0.2) is 20.3 Å². The number of nitrogens with two attached hydrogens (primary N) is 1. The van der Waals surface area contributed by atoms with Crippen molar-refractivity contribution in [3.05, 3.63) is 45.9 Å². The molecular formula is C13H13FN4O2. The fraction of sp³-hybridized carbons (Fsp3) is 0.308. The fourth-order valence-corrected chi connectivity index (χ4v) is 2.39. The minimum absolute atomic E-state index is 0.0295. The second-order valence-electron chi connectivity index (χ2n) is 4.75. The normalized spacial score (nSPS) is 14.1. The van der Waals surface area contributed by atoms with Crippen LogP contribution in [0.3, 0.4) is 0 Å². The molecule has 0 fully saturated rings. The Kier molecular flexibility index (Phi) is 2.89. The maximum atomic E-state index is 14.0. The molecule has 20 heavy (non-hydrogen) atoms. The van der Waals surface area contributed by atoms with Gasteiger partial charge in [-0.15, -0.1) is 5.10 Å². The van der Waals surface area contributed by atoms with Gasteiger partial charge >= 0.3 is 5.69 Å². The van der Waals surface area contributed by atoms with Crippen LogP contribution in [-0.2, 0) is 13.0 Å². The van der Waals surface area contributed by atoms with Crippen LogP contribution in [0.25, 0.3) is 5.69 Å². The van der Waals surface area contributed by atoms with E-state index in [0.29, 0.717) is 18.8 Å². The number of aryl methyl sites for hydroxylation is 1. The highest BCUT2D eigenvalue weighted by molar-refractivity contribution is 5.92. The molecule has 0 aliphatic carbocycles. The van der Waals surface area contributed by atoms with E-state index in [0.717, 1.165) is 23.6 Å². The third kappa shape index (κ3) is 1.91. The molecule has 104 valence electrons. The molecule has 0 spiro atoms. The summed E-state index contributed by atoms with van der Waals surface area (Å²) in [4.78, 5) is 23.2. The lowest BCUT2D eigenvalue weighted by molar-refractivity contribution is 0.1000. The van der Waals surface area contributed by atoms with Crippen molar-refractivity contribution in [3.8, 4) is 5.69 Å². The molecule has 7 heteroatoms. The summed E-state index contributed by atoms with van der Waals surface area (Å²) >= 11 is 0. The first-order chi connectivity index (χ1) is 9.58. The lowest BCUT2D eigenvalue weighted by atomic mass is 10.2. The molecule has 0 bridgehead atoms. The van der Waals surface area contributed by atoms with Gasteiger partial charge in [-0.1, -0.05) is 0 Å². The smallest absolute Gasteiger partial charge is 0.350 e. The first kappa shape index (κ1) is 12.6. The van der Waals surface area contributed by atoms with E-state index in [2.05, 4.69) is 5.10 Å². The average Bonchev–Trinajstić information content (AvgIpc) is 2.76. The molecule has 0 unspecified atom stereocenters. The number of nitrogens with zero attached hydrogens (tertiary/aromatic N) is 3. The SMILES string of the molecule is NC(=O)c1ccc(-n2nc3n(c2=O)CCCC3)c(F)c1. The van der Waals surface area contributed by atoms with E-state index in [9.17, 15) is 14.0 Å². The van der Waals surface area contributed by atoms with Crippen molar-refractivity contribution < 1.29 is 9.18 Å². The van der Waals surface area contributed by atoms with E-state index in [1.807, 2.05) is 0 Å². The number of fused-ring (bicyclic) bond motifs is 1. The van der Waals surface area contributed by atoms with Gasteiger partial charge < -0.3 is 5.73 Å². The van der Waals surface area contributed by atoms with Gasteiger partial charge in [0.1, 0.15) is 17.3 Å². The summed E-state index contributed by atoms with van der Waals surface area (Å²) in [7, 11) is 0. The molecule has 2 aromatic rings. The van der Waals surface area contributed by atoms with Gasteiger partial charge in [0.2, 0.25) is 5.91 Å². The first-order valence-corrected chi connectivity index (χ1v) is 6.36. The van der Waals surface area contributed by atoms with E-state index in [-0.39, 0.29) is 16.9 Å². The summed E-state index contributed by atoms with van der Waals surface area (Å²) in [5.41, 5.74) is 4.82. The van der Waals surface area contributed by atoms with Gasteiger partial charge in [0.25, 0.3) is 0 Å². The standard InChI is InChI=1S/C13H13FN4O2/c14-9-7-8(12(15)19)4-5-10(9)18-13(20)17-6-2-1-3-11(17)16-18/h4-5,7H,1-3,6H2,(H2,15,19). The van der Waals surface area contributed by atoms with Crippen LogP contribution < -0.4 is 11.4 Å². The number of carbonyl (C=O) groups excluding carboxylic acids is 1. The summed E-state index contributed by atoms with van der Waals surface area (Å²) < 4.78 is 16.6. The molecule has 0 radical (unpaired) electrons. The number of aromatic nitrogens is 3. The highest BCUT2D eigenvalue weighted by atomic mass is 19.1. The van der Waals surface area contributed by atoms with E-state index < -0.39 is 11.7 Å². The summed E-state index contributed by atoms with van der Waals surface area (Å²) in [6.45, 7) is 0.606. The minimum Gasteiger partial charge on any atom is -0.366 e. The number of benzene rings is 1. The lowest BCUT2D eigenvalue weighted by Crippen LogP contribution is -2.26. The van der Waals surface area contributed by atoms with Gasteiger partial charge in [-0.25, -0.2) is 9.18 Å². The van der Waals surface area contributed by atoms with Crippen LogP contribution in [0.5, 0.6) is 0 Å². The van der Waals surface area contributed by atoms with E-state index in [4.69, 9.17) is 5.73 Å². The van der Waals surface area contributed by atoms with Crippen LogP contribution in [0.1, 0.15) is 29.0 Å². The maximum Gasteiger partial charge on any atom is 0.350 e. The van der Waals surface area contributed by atoms with Crippen molar-refractivity contribution >= 4 is 5.91 Å².